The van der Waals surface area contributed by atoms with Crippen molar-refractivity contribution in [3.63, 3.8) is 0 Å². The zero-order valence-corrected chi connectivity index (χ0v) is 12.5. The Morgan fingerprint density at radius 3 is 2.74 bits per heavy atom. The Hall–Kier alpha value is -2.02. The Morgan fingerprint density at radius 1 is 1.26 bits per heavy atom. The van der Waals surface area contributed by atoms with Crippen molar-refractivity contribution in [2.24, 2.45) is 0 Å². The highest BCUT2D eigenvalue weighted by Gasteiger charge is 2.31. The SMILES string of the molecule is Cc1ncc2c(n1)CCN(Cc1ccc(C(F)(F)F)cc1F)C2. The number of alkyl halides is 3. The second-order valence-electron chi connectivity index (χ2n) is 5.65. The van der Waals surface area contributed by atoms with E-state index in [1.807, 2.05) is 11.8 Å². The fourth-order valence-electron chi connectivity index (χ4n) is 2.70. The summed E-state index contributed by atoms with van der Waals surface area (Å²) in [5, 5.41) is 0. The number of halogens is 4. The highest BCUT2D eigenvalue weighted by molar-refractivity contribution is 5.27. The van der Waals surface area contributed by atoms with Crippen LogP contribution in [-0.2, 0) is 25.7 Å². The fourth-order valence-corrected chi connectivity index (χ4v) is 2.70. The molecule has 0 aliphatic carbocycles. The van der Waals surface area contributed by atoms with E-state index >= 15 is 0 Å². The van der Waals surface area contributed by atoms with E-state index in [1.54, 1.807) is 6.20 Å². The molecule has 0 spiro atoms. The lowest BCUT2D eigenvalue weighted by atomic mass is 10.1. The van der Waals surface area contributed by atoms with Crippen molar-refractivity contribution in [2.75, 3.05) is 6.54 Å². The van der Waals surface area contributed by atoms with Crippen molar-refractivity contribution in [1.29, 1.82) is 0 Å². The third-order valence-electron chi connectivity index (χ3n) is 3.91. The summed E-state index contributed by atoms with van der Waals surface area (Å²) in [7, 11) is 0. The third-order valence-corrected chi connectivity index (χ3v) is 3.91. The molecule has 1 aromatic heterocycles. The van der Waals surface area contributed by atoms with Gasteiger partial charge in [0.05, 0.1) is 5.56 Å². The quantitative estimate of drug-likeness (QED) is 0.792. The first kappa shape index (κ1) is 15.9. The molecule has 1 aromatic carbocycles. The van der Waals surface area contributed by atoms with E-state index in [9.17, 15) is 17.6 Å². The lowest BCUT2D eigenvalue weighted by Crippen LogP contribution is -2.31. The summed E-state index contributed by atoms with van der Waals surface area (Å²) in [6, 6.07) is 2.68. The van der Waals surface area contributed by atoms with Gasteiger partial charge in [-0.1, -0.05) is 6.07 Å². The molecule has 122 valence electrons. The van der Waals surface area contributed by atoms with E-state index in [4.69, 9.17) is 0 Å². The number of hydrogen-bond donors (Lipinski definition) is 0. The summed E-state index contributed by atoms with van der Waals surface area (Å²) in [5.74, 6) is -0.114. The van der Waals surface area contributed by atoms with Crippen LogP contribution in [0.4, 0.5) is 17.6 Å². The minimum Gasteiger partial charge on any atom is -0.294 e. The van der Waals surface area contributed by atoms with Gasteiger partial charge in [0, 0.05) is 49.1 Å². The van der Waals surface area contributed by atoms with Gasteiger partial charge in [-0.05, 0) is 19.1 Å². The number of aromatic nitrogens is 2. The summed E-state index contributed by atoms with van der Waals surface area (Å²) < 4.78 is 51.6. The Labute approximate surface area is 131 Å². The first-order valence-electron chi connectivity index (χ1n) is 7.22. The van der Waals surface area contributed by atoms with Gasteiger partial charge in [-0.3, -0.25) is 4.90 Å². The first-order chi connectivity index (χ1) is 10.8. The summed E-state index contributed by atoms with van der Waals surface area (Å²) in [6.45, 7) is 3.33. The van der Waals surface area contributed by atoms with Crippen LogP contribution in [0.15, 0.2) is 24.4 Å². The van der Waals surface area contributed by atoms with E-state index < -0.39 is 17.6 Å². The molecule has 0 atom stereocenters. The molecule has 1 aliphatic heterocycles. The van der Waals surface area contributed by atoms with Crippen LogP contribution in [0.2, 0.25) is 0 Å². The molecule has 0 amide bonds. The molecule has 3 nitrogen and oxygen atoms in total. The van der Waals surface area contributed by atoms with Crippen molar-refractivity contribution in [3.8, 4) is 0 Å². The molecule has 0 fully saturated rings. The predicted molar refractivity (Wildman–Crippen MR) is 76.0 cm³/mol. The van der Waals surface area contributed by atoms with Crippen LogP contribution in [0.1, 0.15) is 28.2 Å². The monoisotopic (exact) mass is 325 g/mol. The molecule has 0 saturated carbocycles. The molecule has 0 unspecified atom stereocenters. The first-order valence-corrected chi connectivity index (χ1v) is 7.22. The second kappa shape index (κ2) is 5.88. The maximum atomic E-state index is 13.9. The number of hydrogen-bond acceptors (Lipinski definition) is 3. The van der Waals surface area contributed by atoms with Gasteiger partial charge in [-0.25, -0.2) is 14.4 Å². The highest BCUT2D eigenvalue weighted by Crippen LogP contribution is 2.30. The van der Waals surface area contributed by atoms with Gasteiger partial charge < -0.3 is 0 Å². The standard InChI is InChI=1S/C16H15F4N3/c1-10-21-7-12-9-23(5-4-15(12)22-10)8-11-2-3-13(6-14(11)17)16(18,19)20/h2-3,6-7H,4-5,8-9H2,1H3. The number of rotatable bonds is 2. The van der Waals surface area contributed by atoms with Crippen molar-refractivity contribution in [2.45, 2.75) is 32.6 Å². The molecule has 0 saturated heterocycles. The Kier molecular flexibility index (Phi) is 4.06. The average Bonchev–Trinajstić information content (AvgIpc) is 2.48. The lowest BCUT2D eigenvalue weighted by Gasteiger charge is -2.28. The van der Waals surface area contributed by atoms with Gasteiger partial charge >= 0.3 is 6.18 Å². The summed E-state index contributed by atoms with van der Waals surface area (Å²) in [5.41, 5.74) is 1.26. The molecule has 0 N–H and O–H groups in total. The van der Waals surface area contributed by atoms with Crippen molar-refractivity contribution >= 4 is 0 Å². The smallest absolute Gasteiger partial charge is 0.294 e. The topological polar surface area (TPSA) is 29.0 Å². The van der Waals surface area contributed by atoms with Gasteiger partial charge in [0.2, 0.25) is 0 Å². The van der Waals surface area contributed by atoms with Crippen LogP contribution in [0, 0.1) is 12.7 Å². The van der Waals surface area contributed by atoms with Crippen LogP contribution in [0.3, 0.4) is 0 Å². The van der Waals surface area contributed by atoms with Crippen LogP contribution >= 0.6 is 0 Å². The van der Waals surface area contributed by atoms with E-state index in [-0.39, 0.29) is 12.1 Å². The number of nitrogens with zero attached hydrogens (tertiary/aromatic N) is 3. The van der Waals surface area contributed by atoms with Crippen molar-refractivity contribution in [1.82, 2.24) is 14.9 Å². The maximum Gasteiger partial charge on any atom is 0.416 e. The Bertz CT molecular complexity index is 728. The number of aryl methyl sites for hydroxylation is 1. The second-order valence-corrected chi connectivity index (χ2v) is 5.65. The number of benzene rings is 1. The van der Waals surface area contributed by atoms with E-state index in [2.05, 4.69) is 9.97 Å². The van der Waals surface area contributed by atoms with Crippen LogP contribution < -0.4 is 0 Å². The van der Waals surface area contributed by atoms with Crippen molar-refractivity contribution in [3.05, 3.63) is 58.4 Å². The van der Waals surface area contributed by atoms with Crippen LogP contribution in [0.5, 0.6) is 0 Å². The minimum absolute atomic E-state index is 0.259. The summed E-state index contributed by atoms with van der Waals surface area (Å²) >= 11 is 0. The zero-order valence-electron chi connectivity index (χ0n) is 12.5. The molecule has 2 aromatic rings. The molecular weight excluding hydrogens is 310 g/mol. The third kappa shape index (κ3) is 3.50. The van der Waals surface area contributed by atoms with Gasteiger partial charge in [0.25, 0.3) is 0 Å². The molecule has 1 aliphatic rings. The lowest BCUT2D eigenvalue weighted by molar-refractivity contribution is -0.137. The van der Waals surface area contributed by atoms with Gasteiger partial charge in [0.1, 0.15) is 11.6 Å². The maximum absolute atomic E-state index is 13.9. The molecule has 0 radical (unpaired) electrons. The molecule has 3 rings (SSSR count). The van der Waals surface area contributed by atoms with Gasteiger partial charge in [-0.2, -0.15) is 13.2 Å². The molecule has 0 bridgehead atoms. The largest absolute Gasteiger partial charge is 0.416 e. The van der Waals surface area contributed by atoms with Crippen molar-refractivity contribution < 1.29 is 17.6 Å². The molecule has 2 heterocycles. The fraction of sp³-hybridized carbons (Fsp3) is 0.375. The average molecular weight is 325 g/mol. The summed E-state index contributed by atoms with van der Waals surface area (Å²) in [4.78, 5) is 10.5. The van der Waals surface area contributed by atoms with Crippen LogP contribution in [0.25, 0.3) is 0 Å². The van der Waals surface area contributed by atoms with Crippen LogP contribution in [-0.4, -0.2) is 21.4 Å². The number of fused-ring (bicyclic) bond motifs is 1. The highest BCUT2D eigenvalue weighted by atomic mass is 19.4. The van der Waals surface area contributed by atoms with Gasteiger partial charge in [0.15, 0.2) is 0 Å². The van der Waals surface area contributed by atoms with Gasteiger partial charge in [-0.15, -0.1) is 0 Å². The molecule has 7 heteroatoms. The normalized spacial score (nSPS) is 15.5. The molecular formula is C16H15F4N3. The zero-order chi connectivity index (χ0) is 16.6. The summed E-state index contributed by atoms with van der Waals surface area (Å²) in [6.07, 6.45) is -2.05. The van der Waals surface area contributed by atoms with E-state index in [0.29, 0.717) is 25.0 Å². The Balaban J connectivity index is 1.75. The van der Waals surface area contributed by atoms with E-state index in [1.165, 1.54) is 6.07 Å². The Morgan fingerprint density at radius 2 is 2.04 bits per heavy atom. The molecule has 23 heavy (non-hydrogen) atoms. The minimum atomic E-state index is -4.53. The predicted octanol–water partition coefficient (Wildman–Crippen LogP) is 3.50. The van der Waals surface area contributed by atoms with E-state index in [0.717, 1.165) is 23.7 Å².